The number of hydrogen-bond acceptors (Lipinski definition) is 3. The molecule has 3 aliphatic heterocycles. The van der Waals surface area contributed by atoms with Gasteiger partial charge in [-0.15, -0.1) is 0 Å². The zero-order valence-electron chi connectivity index (χ0n) is 7.45. The van der Waals surface area contributed by atoms with Crippen molar-refractivity contribution in [2.24, 2.45) is 5.92 Å². The van der Waals surface area contributed by atoms with Gasteiger partial charge in [0, 0.05) is 19.0 Å². The number of fused-ring (bicyclic) bond motifs is 3. The number of rotatable bonds is 0. The van der Waals surface area contributed by atoms with Crippen molar-refractivity contribution in [1.29, 1.82) is 0 Å². The highest BCUT2D eigenvalue weighted by molar-refractivity contribution is 5.05. The van der Waals surface area contributed by atoms with Gasteiger partial charge in [0.1, 0.15) is 5.60 Å². The Morgan fingerprint density at radius 2 is 2.42 bits per heavy atom. The van der Waals surface area contributed by atoms with Crippen molar-refractivity contribution in [2.45, 2.75) is 25.2 Å². The van der Waals surface area contributed by atoms with E-state index >= 15 is 0 Å². The summed E-state index contributed by atoms with van der Waals surface area (Å²) in [6, 6.07) is 0. The van der Waals surface area contributed by atoms with Crippen molar-refractivity contribution in [3.63, 3.8) is 0 Å². The van der Waals surface area contributed by atoms with Gasteiger partial charge in [0.05, 0.1) is 6.61 Å². The Bertz CT molecular complexity index is 205. The highest BCUT2D eigenvalue weighted by Gasteiger charge is 2.54. The van der Waals surface area contributed by atoms with Crippen molar-refractivity contribution in [1.82, 2.24) is 4.90 Å². The van der Waals surface area contributed by atoms with Gasteiger partial charge in [-0.3, -0.25) is 4.90 Å². The van der Waals surface area contributed by atoms with Crippen LogP contribution in [0.15, 0.2) is 0 Å². The molecule has 0 aromatic rings. The van der Waals surface area contributed by atoms with Crippen LogP contribution in [0.4, 0.5) is 0 Å². The van der Waals surface area contributed by atoms with Crippen LogP contribution in [0, 0.1) is 5.92 Å². The third kappa shape index (κ3) is 0.817. The third-order valence-electron chi connectivity index (χ3n) is 3.47. The first-order chi connectivity index (χ1) is 5.78. The Morgan fingerprint density at radius 3 is 2.92 bits per heavy atom. The van der Waals surface area contributed by atoms with E-state index in [4.69, 9.17) is 9.47 Å². The molecule has 1 spiro atoms. The van der Waals surface area contributed by atoms with Gasteiger partial charge < -0.3 is 9.47 Å². The lowest BCUT2D eigenvalue weighted by molar-refractivity contribution is -0.0916. The SMILES string of the molecule is CC1OCC2(CN3CCC2C3)O1. The highest BCUT2D eigenvalue weighted by Crippen LogP contribution is 2.42. The van der Waals surface area contributed by atoms with Gasteiger partial charge in [-0.1, -0.05) is 0 Å². The summed E-state index contributed by atoms with van der Waals surface area (Å²) in [4.78, 5) is 2.49. The van der Waals surface area contributed by atoms with Crippen LogP contribution in [-0.2, 0) is 9.47 Å². The molecule has 12 heavy (non-hydrogen) atoms. The predicted molar refractivity (Wildman–Crippen MR) is 43.8 cm³/mol. The van der Waals surface area contributed by atoms with E-state index in [1.165, 1.54) is 19.5 Å². The lowest BCUT2D eigenvalue weighted by atomic mass is 9.88. The fraction of sp³-hybridized carbons (Fsp3) is 1.00. The van der Waals surface area contributed by atoms with Gasteiger partial charge in [0.2, 0.25) is 0 Å². The molecule has 3 heteroatoms. The van der Waals surface area contributed by atoms with E-state index in [1.54, 1.807) is 0 Å². The van der Waals surface area contributed by atoms with Crippen molar-refractivity contribution in [3.8, 4) is 0 Å². The van der Waals surface area contributed by atoms with E-state index in [2.05, 4.69) is 4.90 Å². The molecule has 3 rings (SSSR count). The van der Waals surface area contributed by atoms with Crippen LogP contribution in [-0.4, -0.2) is 43.0 Å². The highest BCUT2D eigenvalue weighted by atomic mass is 16.7. The summed E-state index contributed by atoms with van der Waals surface area (Å²) in [5.74, 6) is 0.738. The average molecular weight is 169 g/mol. The number of ether oxygens (including phenoxy) is 2. The largest absolute Gasteiger partial charge is 0.350 e. The lowest BCUT2D eigenvalue weighted by Crippen LogP contribution is -2.44. The standard InChI is InChI=1S/C9H15NO2/c1-7-11-6-9(12-7)5-10-3-2-8(9)4-10/h7-8H,2-6H2,1H3. The molecular weight excluding hydrogens is 154 g/mol. The third-order valence-corrected chi connectivity index (χ3v) is 3.47. The van der Waals surface area contributed by atoms with Gasteiger partial charge in [-0.05, 0) is 19.9 Å². The molecule has 3 saturated heterocycles. The first-order valence-corrected chi connectivity index (χ1v) is 4.80. The first-order valence-electron chi connectivity index (χ1n) is 4.80. The minimum Gasteiger partial charge on any atom is -0.350 e. The molecule has 3 fully saturated rings. The van der Waals surface area contributed by atoms with Gasteiger partial charge in [-0.2, -0.15) is 0 Å². The quantitative estimate of drug-likeness (QED) is 0.525. The zero-order chi connectivity index (χ0) is 8.18. The molecule has 3 heterocycles. The molecule has 0 aliphatic carbocycles. The smallest absolute Gasteiger partial charge is 0.155 e. The van der Waals surface area contributed by atoms with E-state index in [0.29, 0.717) is 0 Å². The molecule has 4 atom stereocenters. The maximum Gasteiger partial charge on any atom is 0.155 e. The maximum atomic E-state index is 5.88. The van der Waals surface area contributed by atoms with Crippen LogP contribution in [0.2, 0.25) is 0 Å². The van der Waals surface area contributed by atoms with Crippen LogP contribution in [0.3, 0.4) is 0 Å². The van der Waals surface area contributed by atoms with E-state index in [1.807, 2.05) is 6.92 Å². The molecule has 0 amide bonds. The van der Waals surface area contributed by atoms with E-state index in [0.717, 1.165) is 19.1 Å². The molecule has 0 aromatic carbocycles. The van der Waals surface area contributed by atoms with E-state index in [9.17, 15) is 0 Å². The normalized spacial score (nSPS) is 57.2. The summed E-state index contributed by atoms with van der Waals surface area (Å²) < 4.78 is 11.4. The Morgan fingerprint density at radius 1 is 1.50 bits per heavy atom. The average Bonchev–Trinajstić information content (AvgIpc) is 2.67. The number of piperidine rings is 1. The van der Waals surface area contributed by atoms with E-state index in [-0.39, 0.29) is 11.9 Å². The minimum absolute atomic E-state index is 0.0190. The summed E-state index contributed by atoms with van der Waals surface area (Å²) in [5.41, 5.74) is 0.0810. The molecule has 0 aromatic heterocycles. The molecule has 3 nitrogen and oxygen atoms in total. The topological polar surface area (TPSA) is 21.7 Å². The van der Waals surface area contributed by atoms with Crippen molar-refractivity contribution < 1.29 is 9.47 Å². The summed E-state index contributed by atoms with van der Waals surface area (Å²) in [6.45, 7) is 6.41. The molecule has 68 valence electrons. The van der Waals surface area contributed by atoms with E-state index < -0.39 is 0 Å². The molecule has 0 radical (unpaired) electrons. The van der Waals surface area contributed by atoms with Crippen LogP contribution in [0.1, 0.15) is 13.3 Å². The van der Waals surface area contributed by atoms with Crippen LogP contribution >= 0.6 is 0 Å². The van der Waals surface area contributed by atoms with Crippen LogP contribution in [0.25, 0.3) is 0 Å². The summed E-state index contributed by atoms with van der Waals surface area (Å²) in [5, 5.41) is 0. The first kappa shape index (κ1) is 7.30. The summed E-state index contributed by atoms with van der Waals surface area (Å²) in [7, 11) is 0. The lowest BCUT2D eigenvalue weighted by Gasteiger charge is -2.31. The fourth-order valence-corrected chi connectivity index (χ4v) is 2.87. The molecule has 3 aliphatic rings. The van der Waals surface area contributed by atoms with Gasteiger partial charge >= 0.3 is 0 Å². The Balaban J connectivity index is 1.84. The van der Waals surface area contributed by atoms with Crippen molar-refractivity contribution >= 4 is 0 Å². The number of hydrogen-bond donors (Lipinski definition) is 0. The number of nitrogens with zero attached hydrogens (tertiary/aromatic N) is 1. The zero-order valence-corrected chi connectivity index (χ0v) is 7.45. The van der Waals surface area contributed by atoms with Gasteiger partial charge in [-0.25, -0.2) is 0 Å². The van der Waals surface area contributed by atoms with Gasteiger partial charge in [0.25, 0.3) is 0 Å². The maximum absolute atomic E-state index is 5.88. The molecule has 0 N–H and O–H groups in total. The monoisotopic (exact) mass is 169 g/mol. The molecule has 4 unspecified atom stereocenters. The molecular formula is C9H15NO2. The fourth-order valence-electron chi connectivity index (χ4n) is 2.87. The minimum atomic E-state index is 0.0190. The van der Waals surface area contributed by atoms with Crippen molar-refractivity contribution in [2.75, 3.05) is 26.2 Å². The molecule has 2 bridgehead atoms. The second-order valence-electron chi connectivity index (χ2n) is 4.28. The Hall–Kier alpha value is -0.120. The summed E-state index contributed by atoms with van der Waals surface area (Å²) >= 11 is 0. The van der Waals surface area contributed by atoms with Gasteiger partial charge in [0.15, 0.2) is 6.29 Å². The predicted octanol–water partition coefficient (Wildman–Crippen LogP) is 0.453. The second kappa shape index (κ2) is 2.22. The van der Waals surface area contributed by atoms with Crippen LogP contribution in [0.5, 0.6) is 0 Å². The molecule has 0 saturated carbocycles. The second-order valence-corrected chi connectivity index (χ2v) is 4.28. The summed E-state index contributed by atoms with van der Waals surface area (Å²) in [6.07, 6.45) is 1.32. The van der Waals surface area contributed by atoms with Crippen LogP contribution < -0.4 is 0 Å². The Labute approximate surface area is 72.6 Å². The van der Waals surface area contributed by atoms with Crippen molar-refractivity contribution in [3.05, 3.63) is 0 Å². The Kier molecular flexibility index (Phi) is 1.35.